The standard InChI is InChI=1S/C13H19ClN2O/c1-10(11-5-7-12(14)8-6-11)16-13(17)4-3-9-15-2/h5-8,10,15H,3-4,9H2,1-2H3,(H,16,17). The van der Waals surface area contributed by atoms with Crippen molar-refractivity contribution in [1.82, 2.24) is 10.6 Å². The number of nitrogens with one attached hydrogen (secondary N) is 2. The van der Waals surface area contributed by atoms with E-state index in [-0.39, 0.29) is 11.9 Å². The molecule has 0 heterocycles. The maximum Gasteiger partial charge on any atom is 0.220 e. The molecule has 1 aromatic rings. The maximum atomic E-state index is 11.6. The van der Waals surface area contributed by atoms with Gasteiger partial charge in [-0.1, -0.05) is 23.7 Å². The van der Waals surface area contributed by atoms with Crippen LogP contribution in [-0.2, 0) is 4.79 Å². The Hall–Kier alpha value is -1.06. The average Bonchev–Trinajstić information content (AvgIpc) is 2.30. The van der Waals surface area contributed by atoms with Crippen molar-refractivity contribution in [3.8, 4) is 0 Å². The van der Waals surface area contributed by atoms with Gasteiger partial charge in [0.25, 0.3) is 0 Å². The number of hydrogen-bond donors (Lipinski definition) is 2. The van der Waals surface area contributed by atoms with Crippen LogP contribution in [0.3, 0.4) is 0 Å². The minimum Gasteiger partial charge on any atom is -0.350 e. The summed E-state index contributed by atoms with van der Waals surface area (Å²) >= 11 is 5.81. The number of amides is 1. The SMILES string of the molecule is CNCCCC(=O)NC(C)c1ccc(Cl)cc1. The molecule has 0 saturated heterocycles. The summed E-state index contributed by atoms with van der Waals surface area (Å²) in [6.07, 6.45) is 1.41. The van der Waals surface area contributed by atoms with Crippen molar-refractivity contribution >= 4 is 17.5 Å². The van der Waals surface area contributed by atoms with Gasteiger partial charge in [-0.05, 0) is 44.6 Å². The summed E-state index contributed by atoms with van der Waals surface area (Å²) in [6, 6.07) is 7.55. The minimum atomic E-state index is 0.0225. The largest absolute Gasteiger partial charge is 0.350 e. The molecule has 0 spiro atoms. The fraction of sp³-hybridized carbons (Fsp3) is 0.462. The molecule has 0 saturated carbocycles. The van der Waals surface area contributed by atoms with E-state index in [9.17, 15) is 4.79 Å². The minimum absolute atomic E-state index is 0.0225. The zero-order valence-electron chi connectivity index (χ0n) is 10.3. The van der Waals surface area contributed by atoms with Crippen molar-refractivity contribution in [2.45, 2.75) is 25.8 Å². The van der Waals surface area contributed by atoms with Gasteiger partial charge in [-0.3, -0.25) is 4.79 Å². The lowest BCUT2D eigenvalue weighted by atomic mass is 10.1. The van der Waals surface area contributed by atoms with Crippen LogP contribution in [0, 0.1) is 0 Å². The molecule has 0 aliphatic rings. The Labute approximate surface area is 108 Å². The Kier molecular flexibility index (Phi) is 6.01. The van der Waals surface area contributed by atoms with Crippen LogP contribution in [0.4, 0.5) is 0 Å². The van der Waals surface area contributed by atoms with Crippen molar-refractivity contribution in [3.63, 3.8) is 0 Å². The third kappa shape index (κ3) is 5.20. The number of benzene rings is 1. The number of carbonyl (C=O) groups excluding carboxylic acids is 1. The number of carbonyl (C=O) groups is 1. The first-order valence-electron chi connectivity index (χ1n) is 5.83. The molecule has 17 heavy (non-hydrogen) atoms. The molecule has 4 heteroatoms. The highest BCUT2D eigenvalue weighted by molar-refractivity contribution is 6.30. The predicted octanol–water partition coefficient (Wildman–Crippen LogP) is 2.52. The highest BCUT2D eigenvalue weighted by Crippen LogP contribution is 2.16. The van der Waals surface area contributed by atoms with Crippen LogP contribution in [0.25, 0.3) is 0 Å². The zero-order valence-corrected chi connectivity index (χ0v) is 11.1. The molecule has 0 aromatic heterocycles. The maximum absolute atomic E-state index is 11.6. The van der Waals surface area contributed by atoms with E-state index >= 15 is 0 Å². The average molecular weight is 255 g/mol. The molecule has 94 valence electrons. The van der Waals surface area contributed by atoms with E-state index in [0.717, 1.165) is 18.5 Å². The third-order valence-electron chi connectivity index (χ3n) is 2.58. The number of rotatable bonds is 6. The van der Waals surface area contributed by atoms with Gasteiger partial charge in [0.2, 0.25) is 5.91 Å². The van der Waals surface area contributed by atoms with Crippen LogP contribution < -0.4 is 10.6 Å². The molecule has 1 amide bonds. The lowest BCUT2D eigenvalue weighted by molar-refractivity contribution is -0.121. The summed E-state index contributed by atoms with van der Waals surface area (Å²) in [5.74, 6) is 0.0858. The van der Waals surface area contributed by atoms with Crippen molar-refractivity contribution in [3.05, 3.63) is 34.9 Å². The quantitative estimate of drug-likeness (QED) is 0.766. The Morgan fingerprint density at radius 2 is 2.00 bits per heavy atom. The van der Waals surface area contributed by atoms with Crippen LogP contribution in [0.5, 0.6) is 0 Å². The van der Waals surface area contributed by atoms with E-state index in [1.54, 1.807) is 0 Å². The van der Waals surface area contributed by atoms with Crippen LogP contribution in [0.1, 0.15) is 31.4 Å². The summed E-state index contributed by atoms with van der Waals surface area (Å²) in [7, 11) is 1.88. The Morgan fingerprint density at radius 3 is 2.59 bits per heavy atom. The van der Waals surface area contributed by atoms with Gasteiger partial charge in [-0.25, -0.2) is 0 Å². The lowest BCUT2D eigenvalue weighted by Gasteiger charge is -2.14. The van der Waals surface area contributed by atoms with Crippen molar-refractivity contribution in [2.75, 3.05) is 13.6 Å². The molecule has 0 fully saturated rings. The normalized spacial score (nSPS) is 12.2. The molecule has 1 rings (SSSR count). The number of hydrogen-bond acceptors (Lipinski definition) is 2. The smallest absolute Gasteiger partial charge is 0.220 e. The third-order valence-corrected chi connectivity index (χ3v) is 2.83. The Morgan fingerprint density at radius 1 is 1.35 bits per heavy atom. The summed E-state index contributed by atoms with van der Waals surface area (Å²) in [4.78, 5) is 11.6. The first-order chi connectivity index (χ1) is 8.13. The molecule has 1 aromatic carbocycles. The highest BCUT2D eigenvalue weighted by Gasteiger charge is 2.08. The first kappa shape index (κ1) is 14.0. The topological polar surface area (TPSA) is 41.1 Å². The molecular weight excluding hydrogens is 236 g/mol. The second-order valence-corrected chi connectivity index (χ2v) is 4.48. The molecule has 0 aliphatic heterocycles. The van der Waals surface area contributed by atoms with Gasteiger partial charge in [0.05, 0.1) is 6.04 Å². The monoisotopic (exact) mass is 254 g/mol. The van der Waals surface area contributed by atoms with E-state index < -0.39 is 0 Å². The van der Waals surface area contributed by atoms with Crippen LogP contribution in [0.15, 0.2) is 24.3 Å². The number of halogens is 1. The van der Waals surface area contributed by atoms with Gasteiger partial charge in [-0.15, -0.1) is 0 Å². The fourth-order valence-electron chi connectivity index (χ4n) is 1.57. The van der Waals surface area contributed by atoms with E-state index in [4.69, 9.17) is 11.6 Å². The molecule has 0 radical (unpaired) electrons. The van der Waals surface area contributed by atoms with Gasteiger partial charge in [0.15, 0.2) is 0 Å². The Bertz CT molecular complexity index is 351. The van der Waals surface area contributed by atoms with Gasteiger partial charge in [0.1, 0.15) is 0 Å². The summed E-state index contributed by atoms with van der Waals surface area (Å²) < 4.78 is 0. The lowest BCUT2D eigenvalue weighted by Crippen LogP contribution is -2.27. The highest BCUT2D eigenvalue weighted by atomic mass is 35.5. The second kappa shape index (κ2) is 7.30. The van der Waals surface area contributed by atoms with E-state index in [1.807, 2.05) is 38.2 Å². The predicted molar refractivity (Wildman–Crippen MR) is 71.2 cm³/mol. The Balaban J connectivity index is 2.40. The second-order valence-electron chi connectivity index (χ2n) is 4.05. The van der Waals surface area contributed by atoms with Crippen LogP contribution in [-0.4, -0.2) is 19.5 Å². The van der Waals surface area contributed by atoms with Crippen molar-refractivity contribution < 1.29 is 4.79 Å². The molecule has 3 nitrogen and oxygen atoms in total. The van der Waals surface area contributed by atoms with E-state index in [2.05, 4.69) is 10.6 Å². The van der Waals surface area contributed by atoms with Crippen molar-refractivity contribution in [1.29, 1.82) is 0 Å². The van der Waals surface area contributed by atoms with Crippen LogP contribution in [0.2, 0.25) is 5.02 Å². The molecule has 2 N–H and O–H groups in total. The zero-order chi connectivity index (χ0) is 12.7. The molecule has 0 aliphatic carbocycles. The van der Waals surface area contributed by atoms with Crippen molar-refractivity contribution in [2.24, 2.45) is 0 Å². The fourth-order valence-corrected chi connectivity index (χ4v) is 1.70. The van der Waals surface area contributed by atoms with E-state index in [0.29, 0.717) is 11.4 Å². The van der Waals surface area contributed by atoms with E-state index in [1.165, 1.54) is 0 Å². The first-order valence-corrected chi connectivity index (χ1v) is 6.20. The summed E-state index contributed by atoms with van der Waals surface area (Å²) in [5.41, 5.74) is 1.07. The van der Waals surface area contributed by atoms with Gasteiger partial charge < -0.3 is 10.6 Å². The molecule has 0 bridgehead atoms. The summed E-state index contributed by atoms with van der Waals surface area (Å²) in [6.45, 7) is 2.84. The van der Waals surface area contributed by atoms with Gasteiger partial charge in [-0.2, -0.15) is 0 Å². The molecule has 1 atom stereocenters. The molecule has 1 unspecified atom stereocenters. The van der Waals surface area contributed by atoms with Gasteiger partial charge in [0, 0.05) is 11.4 Å². The van der Waals surface area contributed by atoms with Gasteiger partial charge >= 0.3 is 0 Å². The molecular formula is C13H19ClN2O. The van der Waals surface area contributed by atoms with Crippen LogP contribution >= 0.6 is 11.6 Å². The summed E-state index contributed by atoms with van der Waals surface area (Å²) in [5, 5.41) is 6.69.